The summed E-state index contributed by atoms with van der Waals surface area (Å²) in [5, 5.41) is 6.46. The topological polar surface area (TPSA) is 78.5 Å². The minimum atomic E-state index is -0.957. The van der Waals surface area contributed by atoms with Crippen molar-refractivity contribution in [2.45, 2.75) is 50.5 Å². The van der Waals surface area contributed by atoms with Crippen molar-refractivity contribution in [1.29, 1.82) is 0 Å². The summed E-state index contributed by atoms with van der Waals surface area (Å²) in [6.45, 7) is 1.85. The van der Waals surface area contributed by atoms with Crippen molar-refractivity contribution in [2.24, 2.45) is 11.8 Å². The Balaban J connectivity index is 1.41. The van der Waals surface area contributed by atoms with Crippen molar-refractivity contribution < 1.29 is 14.4 Å². The molecule has 2 aliphatic heterocycles. The van der Waals surface area contributed by atoms with Crippen LogP contribution in [0.3, 0.4) is 0 Å². The first-order valence-corrected chi connectivity index (χ1v) is 14.0. The Labute approximate surface area is 228 Å². The summed E-state index contributed by atoms with van der Waals surface area (Å²) < 4.78 is 0. The van der Waals surface area contributed by atoms with Gasteiger partial charge in [0, 0.05) is 43.7 Å². The normalized spacial score (nSPS) is 23.7. The second-order valence-electron chi connectivity index (χ2n) is 10.5. The maximum absolute atomic E-state index is 13.1. The Bertz CT molecular complexity index is 1190. The molecule has 0 bridgehead atoms. The summed E-state index contributed by atoms with van der Waals surface area (Å²) in [5.41, 5.74) is 3.04. The summed E-state index contributed by atoms with van der Waals surface area (Å²) in [4.78, 5) is 39.8. The van der Waals surface area contributed by atoms with E-state index in [4.69, 9.17) is 23.2 Å². The lowest BCUT2D eigenvalue weighted by molar-refractivity contribution is -0.132. The Morgan fingerprint density at radius 2 is 1.68 bits per heavy atom. The van der Waals surface area contributed by atoms with E-state index in [-0.39, 0.29) is 45.0 Å². The number of Topliss-reactive ketones (excluding diaryl/α,β-unsaturated/α-hetero) is 1. The van der Waals surface area contributed by atoms with Gasteiger partial charge >= 0.3 is 0 Å². The fourth-order valence-corrected chi connectivity index (χ4v) is 6.82. The maximum Gasteiger partial charge on any atom is 0.247 e. The van der Waals surface area contributed by atoms with Gasteiger partial charge < -0.3 is 10.2 Å². The van der Waals surface area contributed by atoms with E-state index < -0.39 is 6.04 Å². The van der Waals surface area contributed by atoms with Gasteiger partial charge in [-0.1, -0.05) is 72.8 Å². The zero-order chi connectivity index (χ0) is 26.1. The van der Waals surface area contributed by atoms with Gasteiger partial charge in [-0.2, -0.15) is 0 Å². The number of nitrogens with one attached hydrogen (secondary N) is 2. The molecule has 196 valence electrons. The number of benzene rings is 2. The lowest BCUT2D eigenvalue weighted by atomic mass is 9.70. The van der Waals surface area contributed by atoms with Crippen LogP contribution in [0.2, 0.25) is 10.0 Å². The van der Waals surface area contributed by atoms with Gasteiger partial charge in [-0.05, 0) is 48.3 Å². The van der Waals surface area contributed by atoms with Gasteiger partial charge in [-0.3, -0.25) is 19.7 Å². The molecule has 3 fully saturated rings. The molecule has 37 heavy (non-hydrogen) atoms. The number of halogens is 2. The third-order valence-corrected chi connectivity index (χ3v) is 9.20. The number of rotatable bonds is 6. The molecule has 2 heterocycles. The molecule has 2 aromatic carbocycles. The zero-order valence-corrected chi connectivity index (χ0v) is 22.6. The van der Waals surface area contributed by atoms with Gasteiger partial charge in [0.05, 0.1) is 10.0 Å². The summed E-state index contributed by atoms with van der Waals surface area (Å²) in [5.74, 6) is 0.280. The van der Waals surface area contributed by atoms with E-state index in [0.29, 0.717) is 19.0 Å². The molecule has 1 aliphatic carbocycles. The number of carbonyl (C=O) groups is 3. The maximum atomic E-state index is 13.1. The smallest absolute Gasteiger partial charge is 0.247 e. The highest BCUT2D eigenvalue weighted by Gasteiger charge is 2.38. The summed E-state index contributed by atoms with van der Waals surface area (Å²) in [6.07, 6.45) is 6.95. The highest BCUT2D eigenvalue weighted by atomic mass is 35.5. The molecule has 6 nitrogen and oxygen atoms in total. The van der Waals surface area contributed by atoms with Gasteiger partial charge in [0.15, 0.2) is 11.8 Å². The van der Waals surface area contributed by atoms with Crippen molar-refractivity contribution in [1.82, 2.24) is 15.5 Å². The van der Waals surface area contributed by atoms with Gasteiger partial charge in [0.1, 0.15) is 0 Å². The summed E-state index contributed by atoms with van der Waals surface area (Å²) >= 11 is 13.3. The molecule has 2 aromatic rings. The van der Waals surface area contributed by atoms with Crippen LogP contribution in [-0.2, 0) is 9.59 Å². The zero-order valence-electron chi connectivity index (χ0n) is 21.1. The van der Waals surface area contributed by atoms with Crippen LogP contribution >= 0.6 is 23.2 Å². The van der Waals surface area contributed by atoms with Crippen LogP contribution in [0, 0.1) is 11.8 Å². The number of ketones is 1. The largest absolute Gasteiger partial charge is 0.356 e. The number of hydrogen-bond acceptors (Lipinski definition) is 4. The fraction of sp³-hybridized carbons (Fsp3) is 0.483. The molecule has 2 amide bonds. The van der Waals surface area contributed by atoms with E-state index in [1.807, 2.05) is 12.1 Å². The molecule has 3 unspecified atom stereocenters. The predicted molar refractivity (Wildman–Crippen MR) is 146 cm³/mol. The molecule has 2 N–H and O–H groups in total. The van der Waals surface area contributed by atoms with Gasteiger partial charge in [-0.15, -0.1) is 0 Å². The van der Waals surface area contributed by atoms with Crippen LogP contribution in [0.4, 0.5) is 0 Å². The van der Waals surface area contributed by atoms with Gasteiger partial charge in [-0.25, -0.2) is 0 Å². The third-order valence-electron chi connectivity index (χ3n) is 8.32. The van der Waals surface area contributed by atoms with Gasteiger partial charge in [0.25, 0.3) is 0 Å². The molecule has 5 rings (SSSR count). The quantitative estimate of drug-likeness (QED) is 0.395. The Hall–Kier alpha value is -2.41. The van der Waals surface area contributed by atoms with Crippen LogP contribution < -0.4 is 10.6 Å². The minimum Gasteiger partial charge on any atom is -0.356 e. The highest BCUT2D eigenvalue weighted by molar-refractivity contribution is 6.46. The molecule has 3 aliphatic rings. The average Bonchev–Trinajstić information content (AvgIpc) is 3.33. The highest BCUT2D eigenvalue weighted by Crippen LogP contribution is 2.44. The molecular weight excluding hydrogens is 509 g/mol. The van der Waals surface area contributed by atoms with E-state index in [9.17, 15) is 14.4 Å². The monoisotopic (exact) mass is 541 g/mol. The molecule has 0 radical (unpaired) electrons. The first-order valence-electron chi connectivity index (χ1n) is 13.3. The van der Waals surface area contributed by atoms with E-state index in [0.717, 1.165) is 24.1 Å². The fourth-order valence-electron chi connectivity index (χ4n) is 6.28. The number of likely N-dealkylation sites (N-methyl/N-ethyl adjacent to an activating group) is 1. The van der Waals surface area contributed by atoms with Crippen LogP contribution in [0.1, 0.15) is 60.4 Å². The average molecular weight is 543 g/mol. The Morgan fingerprint density at radius 3 is 2.35 bits per heavy atom. The van der Waals surface area contributed by atoms with E-state index in [1.54, 1.807) is 24.1 Å². The standard InChI is InChI=1S/C29H33Cl2N3O3/c1-34-16-15-32-26(29(34)37)27(35)22-12-11-20(24(30)25(22)31)17-7-9-19(10-8-17)23(18-5-3-2-4-6-18)21-13-14-33-28(21)36/h7-12,18,21,23,26,32H,2-6,13-16H2,1H3,(H,33,36). The van der Waals surface area contributed by atoms with E-state index in [2.05, 4.69) is 22.8 Å². The van der Waals surface area contributed by atoms with E-state index in [1.165, 1.54) is 37.7 Å². The van der Waals surface area contributed by atoms with E-state index >= 15 is 0 Å². The van der Waals surface area contributed by atoms with Crippen molar-refractivity contribution >= 4 is 40.8 Å². The molecular formula is C29H33Cl2N3O3. The third kappa shape index (κ3) is 5.16. The number of piperazine rings is 1. The Kier molecular flexibility index (Phi) is 7.89. The number of carbonyl (C=O) groups excluding carboxylic acids is 3. The number of amides is 2. The summed E-state index contributed by atoms with van der Waals surface area (Å²) in [6, 6.07) is 10.8. The van der Waals surface area contributed by atoms with Crippen molar-refractivity contribution in [3.05, 3.63) is 57.6 Å². The van der Waals surface area contributed by atoms with Crippen molar-refractivity contribution in [3.8, 4) is 11.1 Å². The van der Waals surface area contributed by atoms with Crippen molar-refractivity contribution in [2.75, 3.05) is 26.7 Å². The predicted octanol–water partition coefficient (Wildman–Crippen LogP) is 5.07. The van der Waals surface area contributed by atoms with Crippen LogP contribution in [0.15, 0.2) is 36.4 Å². The second-order valence-corrected chi connectivity index (χ2v) is 11.3. The van der Waals surface area contributed by atoms with Crippen LogP contribution in [0.5, 0.6) is 0 Å². The molecule has 8 heteroatoms. The molecule has 1 saturated carbocycles. The lowest BCUT2D eigenvalue weighted by Gasteiger charge is -2.33. The van der Waals surface area contributed by atoms with Crippen LogP contribution in [-0.4, -0.2) is 55.2 Å². The minimum absolute atomic E-state index is 0.0208. The first-order chi connectivity index (χ1) is 17.9. The van der Waals surface area contributed by atoms with Crippen molar-refractivity contribution in [3.63, 3.8) is 0 Å². The molecule has 2 saturated heterocycles. The number of hydrogen-bond donors (Lipinski definition) is 2. The van der Waals surface area contributed by atoms with Crippen LogP contribution in [0.25, 0.3) is 11.1 Å². The second kappa shape index (κ2) is 11.1. The molecule has 0 aromatic heterocycles. The molecule has 0 spiro atoms. The SMILES string of the molecule is CN1CCNC(C(=O)c2ccc(-c3ccc(C(C4CCCCC4)C4CCNC4=O)cc3)c(Cl)c2Cl)C1=O. The Morgan fingerprint density at radius 1 is 0.946 bits per heavy atom. The molecule has 3 atom stereocenters. The first kappa shape index (κ1) is 26.2. The number of nitrogens with zero attached hydrogens (tertiary/aromatic N) is 1. The summed E-state index contributed by atoms with van der Waals surface area (Å²) in [7, 11) is 1.68. The van der Waals surface area contributed by atoms with Gasteiger partial charge in [0.2, 0.25) is 11.8 Å². The lowest BCUT2D eigenvalue weighted by Crippen LogP contribution is -2.57.